The number of hydrogen-bond acceptors (Lipinski definition) is 4. The van der Waals surface area contributed by atoms with Crippen LogP contribution in [-0.2, 0) is 11.3 Å². The zero-order chi connectivity index (χ0) is 27.4. The number of ether oxygens (including phenoxy) is 2. The van der Waals surface area contributed by atoms with Crippen LogP contribution in [0.2, 0.25) is 0 Å². The summed E-state index contributed by atoms with van der Waals surface area (Å²) in [5.41, 5.74) is 3.19. The minimum Gasteiger partial charge on any atom is -0.497 e. The summed E-state index contributed by atoms with van der Waals surface area (Å²) in [7, 11) is 1.59. The smallest absolute Gasteiger partial charge is 0.255 e. The van der Waals surface area contributed by atoms with Crippen LogP contribution in [0, 0.1) is 5.82 Å². The first-order valence-corrected chi connectivity index (χ1v) is 12.8. The van der Waals surface area contributed by atoms with Crippen LogP contribution >= 0.6 is 0 Å². The molecule has 0 saturated heterocycles. The van der Waals surface area contributed by atoms with Crippen LogP contribution in [0.4, 0.5) is 10.1 Å². The summed E-state index contributed by atoms with van der Waals surface area (Å²) in [6, 6.07) is 27.3. The van der Waals surface area contributed by atoms with E-state index >= 15 is 0 Å². The molecule has 6 nitrogen and oxygen atoms in total. The van der Waals surface area contributed by atoms with Gasteiger partial charge in [-0.3, -0.25) is 9.59 Å². The molecule has 7 heteroatoms. The van der Waals surface area contributed by atoms with E-state index in [1.807, 2.05) is 55.5 Å². The van der Waals surface area contributed by atoms with Gasteiger partial charge in [-0.15, -0.1) is 0 Å². The molecule has 0 aliphatic carbocycles. The molecule has 5 rings (SSSR count). The lowest BCUT2D eigenvalue weighted by Crippen LogP contribution is -2.45. The second kappa shape index (κ2) is 11.4. The number of carbonyl (C=O) groups excluding carboxylic acids is 2. The van der Waals surface area contributed by atoms with E-state index < -0.39 is 12.0 Å². The fourth-order valence-corrected chi connectivity index (χ4v) is 5.07. The van der Waals surface area contributed by atoms with E-state index in [1.54, 1.807) is 48.4 Å². The standard InChI is InChI=1S/C32H29FN2O4/c1-3-39-28-11-7-6-10-27(28)34-31(36)29-25-8-4-5-9-26(25)32(37)35(20-21-12-16-23(33)17-13-21)30(29)22-14-18-24(38-2)19-15-22/h4-19,29-30H,3,20H2,1-2H3,(H,34,36)/t29-,30+/m0/s1. The summed E-state index contributed by atoms with van der Waals surface area (Å²) < 4.78 is 24.7. The number of hydrogen-bond donors (Lipinski definition) is 1. The zero-order valence-electron chi connectivity index (χ0n) is 21.8. The Kier molecular flexibility index (Phi) is 7.59. The van der Waals surface area contributed by atoms with Crippen molar-refractivity contribution in [1.29, 1.82) is 0 Å². The molecule has 2 atom stereocenters. The lowest BCUT2D eigenvalue weighted by Gasteiger charge is -2.42. The first-order chi connectivity index (χ1) is 19.0. The van der Waals surface area contributed by atoms with Gasteiger partial charge in [0.05, 0.1) is 31.4 Å². The highest BCUT2D eigenvalue weighted by Crippen LogP contribution is 2.44. The third-order valence-corrected chi connectivity index (χ3v) is 6.89. The number of carbonyl (C=O) groups is 2. The predicted molar refractivity (Wildman–Crippen MR) is 147 cm³/mol. The summed E-state index contributed by atoms with van der Waals surface area (Å²) in [5, 5.41) is 3.06. The van der Waals surface area contributed by atoms with E-state index in [4.69, 9.17) is 9.47 Å². The lowest BCUT2D eigenvalue weighted by atomic mass is 9.79. The molecule has 0 spiro atoms. The van der Waals surface area contributed by atoms with E-state index in [-0.39, 0.29) is 24.2 Å². The highest BCUT2D eigenvalue weighted by Gasteiger charge is 2.44. The third-order valence-electron chi connectivity index (χ3n) is 6.89. The molecule has 0 unspecified atom stereocenters. The molecular formula is C32H29FN2O4. The molecule has 0 aromatic heterocycles. The van der Waals surface area contributed by atoms with Crippen LogP contribution < -0.4 is 14.8 Å². The molecule has 2 amide bonds. The number of rotatable bonds is 8. The molecule has 1 N–H and O–H groups in total. The van der Waals surface area contributed by atoms with Gasteiger partial charge in [-0.1, -0.05) is 54.6 Å². The van der Waals surface area contributed by atoms with Crippen LogP contribution in [0.3, 0.4) is 0 Å². The van der Waals surface area contributed by atoms with Gasteiger partial charge < -0.3 is 19.7 Å². The number of para-hydroxylation sites is 2. The quantitative estimate of drug-likeness (QED) is 0.292. The Morgan fingerprint density at radius 2 is 1.62 bits per heavy atom. The van der Waals surface area contributed by atoms with Crippen molar-refractivity contribution in [3.8, 4) is 11.5 Å². The number of nitrogens with one attached hydrogen (secondary N) is 1. The molecule has 39 heavy (non-hydrogen) atoms. The van der Waals surface area contributed by atoms with Crippen molar-refractivity contribution >= 4 is 17.5 Å². The summed E-state index contributed by atoms with van der Waals surface area (Å²) in [6.07, 6.45) is 0. The molecule has 1 aliphatic rings. The van der Waals surface area contributed by atoms with Crippen molar-refractivity contribution in [2.45, 2.75) is 25.4 Å². The molecule has 4 aromatic rings. The van der Waals surface area contributed by atoms with Gasteiger partial charge in [0.15, 0.2) is 0 Å². The Morgan fingerprint density at radius 1 is 0.923 bits per heavy atom. The second-order valence-electron chi connectivity index (χ2n) is 9.26. The van der Waals surface area contributed by atoms with E-state index in [1.165, 1.54) is 12.1 Å². The highest BCUT2D eigenvalue weighted by atomic mass is 19.1. The number of amides is 2. The van der Waals surface area contributed by atoms with E-state index in [0.717, 1.165) is 11.1 Å². The van der Waals surface area contributed by atoms with Crippen LogP contribution in [0.15, 0.2) is 97.1 Å². The van der Waals surface area contributed by atoms with Gasteiger partial charge in [0, 0.05) is 12.1 Å². The van der Waals surface area contributed by atoms with Crippen molar-refractivity contribution in [1.82, 2.24) is 4.90 Å². The molecule has 0 saturated carbocycles. The maximum atomic E-state index is 14.2. The number of halogens is 1. The minimum atomic E-state index is -0.734. The Morgan fingerprint density at radius 3 is 2.33 bits per heavy atom. The number of fused-ring (bicyclic) bond motifs is 1. The topological polar surface area (TPSA) is 67.9 Å². The van der Waals surface area contributed by atoms with Gasteiger partial charge in [-0.25, -0.2) is 4.39 Å². The van der Waals surface area contributed by atoms with E-state index in [0.29, 0.717) is 34.9 Å². The molecule has 1 heterocycles. The zero-order valence-corrected chi connectivity index (χ0v) is 21.8. The maximum Gasteiger partial charge on any atom is 0.255 e. The molecule has 0 radical (unpaired) electrons. The van der Waals surface area contributed by atoms with E-state index in [2.05, 4.69) is 5.32 Å². The van der Waals surface area contributed by atoms with Gasteiger partial charge in [0.2, 0.25) is 5.91 Å². The van der Waals surface area contributed by atoms with Crippen molar-refractivity contribution in [2.24, 2.45) is 0 Å². The first kappa shape index (κ1) is 26.0. The average Bonchev–Trinajstić information content (AvgIpc) is 2.96. The largest absolute Gasteiger partial charge is 0.497 e. The third kappa shape index (κ3) is 5.34. The molecule has 1 aliphatic heterocycles. The Balaban J connectivity index is 1.63. The van der Waals surface area contributed by atoms with Crippen molar-refractivity contribution in [3.05, 3.63) is 125 Å². The van der Waals surface area contributed by atoms with Crippen molar-refractivity contribution in [3.63, 3.8) is 0 Å². The van der Waals surface area contributed by atoms with Crippen LogP contribution in [0.25, 0.3) is 0 Å². The molecular weight excluding hydrogens is 495 g/mol. The fourth-order valence-electron chi connectivity index (χ4n) is 5.07. The maximum absolute atomic E-state index is 14.2. The second-order valence-corrected chi connectivity index (χ2v) is 9.26. The molecule has 4 aromatic carbocycles. The van der Waals surface area contributed by atoms with Gasteiger partial charge in [-0.05, 0) is 66.1 Å². The molecule has 198 valence electrons. The van der Waals surface area contributed by atoms with Crippen molar-refractivity contribution in [2.75, 3.05) is 19.0 Å². The number of methoxy groups -OCH3 is 1. The van der Waals surface area contributed by atoms with Crippen LogP contribution in [0.1, 0.15) is 45.9 Å². The lowest BCUT2D eigenvalue weighted by molar-refractivity contribution is -0.119. The monoisotopic (exact) mass is 524 g/mol. The summed E-state index contributed by atoms with van der Waals surface area (Å²) in [6.45, 7) is 2.53. The Hall–Kier alpha value is -4.65. The summed E-state index contributed by atoms with van der Waals surface area (Å²) in [4.78, 5) is 29.8. The number of nitrogens with zero attached hydrogens (tertiary/aromatic N) is 1. The average molecular weight is 525 g/mol. The van der Waals surface area contributed by atoms with Gasteiger partial charge in [0.1, 0.15) is 17.3 Å². The van der Waals surface area contributed by atoms with Crippen LogP contribution in [0.5, 0.6) is 11.5 Å². The first-order valence-electron chi connectivity index (χ1n) is 12.8. The van der Waals surface area contributed by atoms with Crippen LogP contribution in [-0.4, -0.2) is 30.4 Å². The minimum absolute atomic E-state index is 0.198. The summed E-state index contributed by atoms with van der Waals surface area (Å²) in [5.74, 6) is -0.328. The Bertz CT molecular complexity index is 1470. The van der Waals surface area contributed by atoms with Gasteiger partial charge in [-0.2, -0.15) is 0 Å². The Labute approximate surface area is 227 Å². The van der Waals surface area contributed by atoms with Gasteiger partial charge in [0.25, 0.3) is 5.91 Å². The number of anilines is 1. The highest BCUT2D eigenvalue weighted by molar-refractivity contribution is 6.04. The fraction of sp³-hybridized carbons (Fsp3) is 0.188. The van der Waals surface area contributed by atoms with Gasteiger partial charge >= 0.3 is 0 Å². The molecule has 0 bridgehead atoms. The SMILES string of the molecule is CCOc1ccccc1NC(=O)[C@H]1c2ccccc2C(=O)N(Cc2ccc(F)cc2)[C@@H]1c1ccc(OC)cc1. The van der Waals surface area contributed by atoms with E-state index in [9.17, 15) is 14.0 Å². The van der Waals surface area contributed by atoms with Crippen molar-refractivity contribution < 1.29 is 23.5 Å². The predicted octanol–water partition coefficient (Wildman–Crippen LogP) is 6.35. The normalized spacial score (nSPS) is 16.4. The summed E-state index contributed by atoms with van der Waals surface area (Å²) >= 11 is 0. The number of benzene rings is 4. The molecule has 0 fully saturated rings.